The molecule has 0 bridgehead atoms. The van der Waals surface area contributed by atoms with Crippen molar-refractivity contribution >= 4 is 17.5 Å². The summed E-state index contributed by atoms with van der Waals surface area (Å²) in [4.78, 5) is 13.7. The second kappa shape index (κ2) is 6.65. The Morgan fingerprint density at radius 3 is 2.67 bits per heavy atom. The highest BCUT2D eigenvalue weighted by atomic mass is 35.5. The molecule has 1 unspecified atom stereocenters. The number of para-hydroxylation sites is 2. The van der Waals surface area contributed by atoms with E-state index in [4.69, 9.17) is 21.1 Å². The molecule has 2 aromatic rings. The summed E-state index contributed by atoms with van der Waals surface area (Å²) in [7, 11) is 1.53. The number of halogens is 3. The molecule has 24 heavy (non-hydrogen) atoms. The highest BCUT2D eigenvalue weighted by Crippen LogP contribution is 2.31. The second-order valence-electron chi connectivity index (χ2n) is 5.43. The molecule has 3 rings (SSSR count). The van der Waals surface area contributed by atoms with Crippen LogP contribution in [0, 0.1) is 11.6 Å². The van der Waals surface area contributed by atoms with E-state index < -0.39 is 17.5 Å². The van der Waals surface area contributed by atoms with Crippen molar-refractivity contribution in [1.82, 2.24) is 4.90 Å². The third-order valence-corrected chi connectivity index (χ3v) is 3.94. The molecular weight excluding hydrogens is 340 g/mol. The molecule has 4 nitrogen and oxygen atoms in total. The summed E-state index contributed by atoms with van der Waals surface area (Å²) in [5.41, 5.74) is -0.102. The molecule has 1 atom stereocenters. The molecule has 2 aromatic carbocycles. The Labute approximate surface area is 142 Å². The zero-order valence-electron chi connectivity index (χ0n) is 12.8. The number of rotatable bonds is 3. The normalized spacial score (nSPS) is 15.9. The van der Waals surface area contributed by atoms with Crippen molar-refractivity contribution in [1.29, 1.82) is 0 Å². The number of carbonyl (C=O) groups is 1. The zero-order chi connectivity index (χ0) is 17.3. The van der Waals surface area contributed by atoms with Gasteiger partial charge in [-0.1, -0.05) is 23.7 Å². The van der Waals surface area contributed by atoms with E-state index in [9.17, 15) is 13.6 Å². The van der Waals surface area contributed by atoms with Gasteiger partial charge in [0.05, 0.1) is 17.1 Å². The Balaban J connectivity index is 1.70. The Kier molecular flexibility index (Phi) is 4.57. The van der Waals surface area contributed by atoms with E-state index >= 15 is 0 Å². The molecule has 1 aliphatic heterocycles. The van der Waals surface area contributed by atoms with E-state index in [0.29, 0.717) is 11.5 Å². The van der Waals surface area contributed by atoms with Crippen LogP contribution in [0.4, 0.5) is 8.78 Å². The molecule has 126 valence electrons. The minimum atomic E-state index is -1.12. The van der Waals surface area contributed by atoms with Gasteiger partial charge >= 0.3 is 0 Å². The number of likely N-dealkylation sites (N-methyl/N-ethyl adjacent to an activating group) is 1. The average Bonchev–Trinajstić information content (AvgIpc) is 2.57. The molecule has 0 saturated carbocycles. The van der Waals surface area contributed by atoms with Gasteiger partial charge in [-0.2, -0.15) is 0 Å². The van der Waals surface area contributed by atoms with Crippen molar-refractivity contribution in [2.75, 3.05) is 20.2 Å². The van der Waals surface area contributed by atoms with Crippen LogP contribution >= 0.6 is 11.6 Å². The van der Waals surface area contributed by atoms with Gasteiger partial charge in [0, 0.05) is 7.05 Å². The van der Waals surface area contributed by atoms with Crippen LogP contribution in [0.25, 0.3) is 0 Å². The maximum absolute atomic E-state index is 13.4. The predicted octanol–water partition coefficient (Wildman–Crippen LogP) is 3.53. The highest BCUT2D eigenvalue weighted by molar-refractivity contribution is 6.33. The van der Waals surface area contributed by atoms with Crippen LogP contribution in [0.3, 0.4) is 0 Å². The highest BCUT2D eigenvalue weighted by Gasteiger charge is 2.25. The lowest BCUT2D eigenvalue weighted by Gasteiger charge is -2.29. The maximum atomic E-state index is 13.4. The standard InChI is InChI=1S/C17H14ClF2NO3/c1-21(17(22)11-6-13(19)14(20)7-12(11)18)8-10-9-23-15-4-2-3-5-16(15)24-10/h2-7,10H,8-9H2,1H3. The number of ether oxygens (including phenoxy) is 2. The second-order valence-corrected chi connectivity index (χ2v) is 5.84. The maximum Gasteiger partial charge on any atom is 0.255 e. The fourth-order valence-electron chi connectivity index (χ4n) is 2.43. The van der Waals surface area contributed by atoms with Crippen LogP contribution in [-0.2, 0) is 0 Å². The molecule has 0 radical (unpaired) electrons. The van der Waals surface area contributed by atoms with Crippen molar-refractivity contribution in [2.24, 2.45) is 0 Å². The quantitative estimate of drug-likeness (QED) is 0.792. The summed E-state index contributed by atoms with van der Waals surface area (Å²) < 4.78 is 37.8. The predicted molar refractivity (Wildman–Crippen MR) is 84.7 cm³/mol. The van der Waals surface area contributed by atoms with Crippen molar-refractivity contribution in [3.05, 3.63) is 58.6 Å². The fourth-order valence-corrected chi connectivity index (χ4v) is 2.66. The molecular formula is C17H14ClF2NO3. The van der Waals surface area contributed by atoms with Crippen LogP contribution in [0.1, 0.15) is 10.4 Å². The molecule has 0 N–H and O–H groups in total. The third-order valence-electron chi connectivity index (χ3n) is 3.63. The van der Waals surface area contributed by atoms with E-state index in [1.165, 1.54) is 11.9 Å². The number of hydrogen-bond donors (Lipinski definition) is 0. The molecule has 0 fully saturated rings. The van der Waals surface area contributed by atoms with Gasteiger partial charge in [-0.3, -0.25) is 4.79 Å². The van der Waals surface area contributed by atoms with Gasteiger partial charge < -0.3 is 14.4 Å². The van der Waals surface area contributed by atoms with Crippen LogP contribution < -0.4 is 9.47 Å². The van der Waals surface area contributed by atoms with E-state index in [1.54, 1.807) is 12.1 Å². The van der Waals surface area contributed by atoms with Crippen molar-refractivity contribution in [3.63, 3.8) is 0 Å². The Morgan fingerprint density at radius 2 is 1.92 bits per heavy atom. The smallest absolute Gasteiger partial charge is 0.255 e. The number of nitrogens with zero attached hydrogens (tertiary/aromatic N) is 1. The number of carbonyl (C=O) groups excluding carboxylic acids is 1. The first-order valence-electron chi connectivity index (χ1n) is 7.24. The van der Waals surface area contributed by atoms with Gasteiger partial charge in [-0.25, -0.2) is 8.78 Å². The summed E-state index contributed by atoms with van der Waals surface area (Å²) >= 11 is 5.84. The average molecular weight is 354 g/mol. The van der Waals surface area contributed by atoms with Crippen LogP contribution in [-0.4, -0.2) is 37.1 Å². The number of fused-ring (bicyclic) bond motifs is 1. The van der Waals surface area contributed by atoms with Gasteiger partial charge in [0.2, 0.25) is 0 Å². The van der Waals surface area contributed by atoms with Crippen LogP contribution in [0.15, 0.2) is 36.4 Å². The molecule has 0 aromatic heterocycles. The molecule has 1 amide bonds. The van der Waals surface area contributed by atoms with E-state index in [1.807, 2.05) is 12.1 Å². The summed E-state index contributed by atoms with van der Waals surface area (Å²) in [6.07, 6.45) is -0.377. The van der Waals surface area contributed by atoms with Crippen molar-refractivity contribution in [3.8, 4) is 11.5 Å². The van der Waals surface area contributed by atoms with E-state index in [-0.39, 0.29) is 29.8 Å². The summed E-state index contributed by atoms with van der Waals surface area (Å²) in [5, 5.41) is -0.142. The van der Waals surface area contributed by atoms with Crippen LogP contribution in [0.2, 0.25) is 5.02 Å². The van der Waals surface area contributed by atoms with E-state index in [0.717, 1.165) is 12.1 Å². The van der Waals surface area contributed by atoms with E-state index in [2.05, 4.69) is 0 Å². The molecule has 7 heteroatoms. The molecule has 1 heterocycles. The summed E-state index contributed by atoms with van der Waals surface area (Å²) in [6, 6.07) is 8.80. The van der Waals surface area contributed by atoms with Gasteiger partial charge in [0.15, 0.2) is 29.2 Å². The number of amides is 1. The van der Waals surface area contributed by atoms with Gasteiger partial charge in [0.1, 0.15) is 6.61 Å². The first-order chi connectivity index (χ1) is 11.5. The summed E-state index contributed by atoms with van der Waals surface area (Å²) in [5.74, 6) is -1.50. The third kappa shape index (κ3) is 3.28. The summed E-state index contributed by atoms with van der Waals surface area (Å²) in [6.45, 7) is 0.489. The first kappa shape index (κ1) is 16.5. The molecule has 0 saturated heterocycles. The zero-order valence-corrected chi connectivity index (χ0v) is 13.5. The minimum absolute atomic E-state index is 0.102. The monoisotopic (exact) mass is 353 g/mol. The first-order valence-corrected chi connectivity index (χ1v) is 7.62. The lowest BCUT2D eigenvalue weighted by molar-refractivity contribution is 0.0520. The van der Waals surface area contributed by atoms with Gasteiger partial charge in [0.25, 0.3) is 5.91 Å². The number of benzene rings is 2. The number of hydrogen-bond acceptors (Lipinski definition) is 3. The lowest BCUT2D eigenvalue weighted by Crippen LogP contribution is -2.41. The van der Waals surface area contributed by atoms with Crippen molar-refractivity contribution in [2.45, 2.75) is 6.10 Å². The minimum Gasteiger partial charge on any atom is -0.486 e. The molecule has 1 aliphatic rings. The SMILES string of the molecule is CN(CC1COc2ccccc2O1)C(=O)c1cc(F)c(F)cc1Cl. The van der Waals surface area contributed by atoms with Crippen LogP contribution in [0.5, 0.6) is 11.5 Å². The Bertz CT molecular complexity index is 784. The Morgan fingerprint density at radius 1 is 1.25 bits per heavy atom. The van der Waals surface area contributed by atoms with Gasteiger partial charge in [-0.05, 0) is 24.3 Å². The topological polar surface area (TPSA) is 38.8 Å². The lowest BCUT2D eigenvalue weighted by atomic mass is 10.1. The Hall–Kier alpha value is -2.34. The van der Waals surface area contributed by atoms with Gasteiger partial charge in [-0.15, -0.1) is 0 Å². The van der Waals surface area contributed by atoms with Crippen molar-refractivity contribution < 1.29 is 23.0 Å². The molecule has 0 aliphatic carbocycles. The molecule has 0 spiro atoms. The fraction of sp³-hybridized carbons (Fsp3) is 0.235. The largest absolute Gasteiger partial charge is 0.486 e.